The molecule has 4 aromatic rings. The number of fused-ring (bicyclic) bond motifs is 5. The van der Waals surface area contributed by atoms with Crippen LogP contribution in [0.4, 0.5) is 5.69 Å². The van der Waals surface area contributed by atoms with Gasteiger partial charge in [0.2, 0.25) is 11.8 Å². The molecule has 1 atom stereocenters. The molecule has 0 saturated heterocycles. The highest BCUT2D eigenvalue weighted by Crippen LogP contribution is 2.41. The standard InChI is InChI=1S/C21H18ClN5O3S/c1-10-8-23-19-18-11-3-6-16(30-17-7-14(22)26-15(27-17)9-29-2)25-12(11)4-5-13(18)31-20(19)21(28)24-10/h3-7,10,23H,8-9H2,1-2H3,(H,24,28)/t10-/m1/s1. The Morgan fingerprint density at radius 3 is 2.90 bits per heavy atom. The van der Waals surface area contributed by atoms with Crippen LogP contribution in [0, 0.1) is 0 Å². The summed E-state index contributed by atoms with van der Waals surface area (Å²) in [6.45, 7) is 2.86. The maximum Gasteiger partial charge on any atom is 0.263 e. The smallest absolute Gasteiger partial charge is 0.263 e. The van der Waals surface area contributed by atoms with Crippen molar-refractivity contribution in [2.24, 2.45) is 0 Å². The zero-order valence-electron chi connectivity index (χ0n) is 16.7. The van der Waals surface area contributed by atoms with Crippen molar-refractivity contribution < 1.29 is 14.3 Å². The summed E-state index contributed by atoms with van der Waals surface area (Å²) in [6.07, 6.45) is 0. The lowest BCUT2D eigenvalue weighted by atomic mass is 10.1. The molecule has 8 nitrogen and oxygen atoms in total. The molecular weight excluding hydrogens is 438 g/mol. The van der Waals surface area contributed by atoms with E-state index >= 15 is 0 Å². The lowest BCUT2D eigenvalue weighted by Crippen LogP contribution is -2.34. The Morgan fingerprint density at radius 2 is 2.06 bits per heavy atom. The van der Waals surface area contributed by atoms with Crippen LogP contribution in [0.15, 0.2) is 30.3 Å². The van der Waals surface area contributed by atoms with Gasteiger partial charge in [-0.25, -0.2) is 9.97 Å². The zero-order valence-corrected chi connectivity index (χ0v) is 18.3. The number of halogens is 1. The van der Waals surface area contributed by atoms with Gasteiger partial charge >= 0.3 is 0 Å². The van der Waals surface area contributed by atoms with Gasteiger partial charge in [0.25, 0.3) is 5.91 Å². The van der Waals surface area contributed by atoms with Crippen molar-refractivity contribution in [1.29, 1.82) is 0 Å². The molecule has 31 heavy (non-hydrogen) atoms. The predicted molar refractivity (Wildman–Crippen MR) is 120 cm³/mol. The number of methoxy groups -OCH3 is 1. The van der Waals surface area contributed by atoms with Gasteiger partial charge in [-0.3, -0.25) is 4.79 Å². The topological polar surface area (TPSA) is 98.3 Å². The van der Waals surface area contributed by atoms with Gasteiger partial charge < -0.3 is 20.1 Å². The van der Waals surface area contributed by atoms with Crippen LogP contribution in [0.25, 0.3) is 21.0 Å². The zero-order chi connectivity index (χ0) is 21.5. The third kappa shape index (κ3) is 3.76. The van der Waals surface area contributed by atoms with E-state index in [1.165, 1.54) is 17.4 Å². The number of ether oxygens (including phenoxy) is 2. The number of carbonyl (C=O) groups is 1. The molecule has 3 aromatic heterocycles. The Bertz CT molecular complexity index is 1330. The molecule has 0 saturated carbocycles. The van der Waals surface area contributed by atoms with Crippen molar-refractivity contribution in [3.05, 3.63) is 46.2 Å². The summed E-state index contributed by atoms with van der Waals surface area (Å²) in [4.78, 5) is 26.3. The monoisotopic (exact) mass is 455 g/mol. The number of aromatic nitrogens is 3. The first-order chi connectivity index (χ1) is 15.0. The van der Waals surface area contributed by atoms with Crippen LogP contribution in [-0.2, 0) is 11.3 Å². The summed E-state index contributed by atoms with van der Waals surface area (Å²) in [5, 5.41) is 8.63. The first-order valence-electron chi connectivity index (χ1n) is 9.63. The number of thiophene rings is 1. The Balaban J connectivity index is 1.55. The molecule has 0 radical (unpaired) electrons. The van der Waals surface area contributed by atoms with E-state index in [1.807, 2.05) is 25.1 Å². The largest absolute Gasteiger partial charge is 0.421 e. The van der Waals surface area contributed by atoms with Crippen LogP contribution in [0.2, 0.25) is 5.15 Å². The molecule has 5 rings (SSSR count). The Labute approximate surface area is 186 Å². The fraction of sp³-hybridized carbons (Fsp3) is 0.238. The van der Waals surface area contributed by atoms with Crippen LogP contribution in [-0.4, -0.2) is 40.6 Å². The van der Waals surface area contributed by atoms with Crippen molar-refractivity contribution in [2.75, 3.05) is 19.0 Å². The lowest BCUT2D eigenvalue weighted by Gasteiger charge is -2.10. The maximum atomic E-state index is 12.6. The minimum absolute atomic E-state index is 0.0535. The van der Waals surface area contributed by atoms with Gasteiger partial charge in [-0.1, -0.05) is 11.6 Å². The molecule has 0 fully saturated rings. The fourth-order valence-corrected chi connectivity index (χ4v) is 4.85. The molecule has 0 bridgehead atoms. The number of pyridine rings is 1. The summed E-state index contributed by atoms with van der Waals surface area (Å²) in [6, 6.07) is 9.20. The van der Waals surface area contributed by atoms with E-state index in [0.29, 0.717) is 23.1 Å². The summed E-state index contributed by atoms with van der Waals surface area (Å²) in [7, 11) is 1.56. The van der Waals surface area contributed by atoms with Gasteiger partial charge in [0.1, 0.15) is 16.6 Å². The second kappa shape index (κ2) is 7.92. The van der Waals surface area contributed by atoms with E-state index in [0.717, 1.165) is 26.7 Å². The normalized spacial score (nSPS) is 16.0. The quantitative estimate of drug-likeness (QED) is 0.441. The number of benzene rings is 1. The molecule has 1 aromatic carbocycles. The first kappa shape index (κ1) is 19.9. The van der Waals surface area contributed by atoms with Crippen LogP contribution >= 0.6 is 22.9 Å². The van der Waals surface area contributed by atoms with Crippen LogP contribution in [0.5, 0.6) is 11.8 Å². The third-order valence-corrected chi connectivity index (χ3v) is 6.21. The van der Waals surface area contributed by atoms with Gasteiger partial charge in [-0.15, -0.1) is 11.3 Å². The van der Waals surface area contributed by atoms with Gasteiger partial charge in [0.15, 0.2) is 5.82 Å². The molecule has 0 aliphatic carbocycles. The molecular formula is C21H18ClN5O3S. The van der Waals surface area contributed by atoms with E-state index in [4.69, 9.17) is 21.1 Å². The second-order valence-electron chi connectivity index (χ2n) is 7.20. The van der Waals surface area contributed by atoms with Crippen LogP contribution in [0.3, 0.4) is 0 Å². The van der Waals surface area contributed by atoms with Gasteiger partial charge in [-0.2, -0.15) is 4.98 Å². The van der Waals surface area contributed by atoms with E-state index in [-0.39, 0.29) is 29.6 Å². The van der Waals surface area contributed by atoms with Crippen molar-refractivity contribution >= 4 is 55.5 Å². The highest BCUT2D eigenvalue weighted by Gasteiger charge is 2.24. The predicted octanol–water partition coefficient (Wildman–Crippen LogP) is 4.38. The van der Waals surface area contributed by atoms with Gasteiger partial charge in [0, 0.05) is 47.3 Å². The Morgan fingerprint density at radius 1 is 1.19 bits per heavy atom. The summed E-state index contributed by atoms with van der Waals surface area (Å²) in [5.41, 5.74) is 1.61. The number of rotatable bonds is 4. The molecule has 4 heterocycles. The molecule has 0 spiro atoms. The molecule has 10 heteroatoms. The summed E-state index contributed by atoms with van der Waals surface area (Å²) >= 11 is 7.53. The first-order valence-corrected chi connectivity index (χ1v) is 10.8. The second-order valence-corrected chi connectivity index (χ2v) is 8.64. The number of amides is 1. The van der Waals surface area contributed by atoms with E-state index in [9.17, 15) is 4.79 Å². The summed E-state index contributed by atoms with van der Waals surface area (Å²) in [5.74, 6) is 1.04. The van der Waals surface area contributed by atoms with Crippen molar-refractivity contribution in [2.45, 2.75) is 19.6 Å². The van der Waals surface area contributed by atoms with E-state index in [1.54, 1.807) is 13.2 Å². The maximum absolute atomic E-state index is 12.6. The highest BCUT2D eigenvalue weighted by molar-refractivity contribution is 7.21. The minimum atomic E-state index is -0.0535. The Kier molecular flexibility index (Phi) is 5.09. The Hall–Kier alpha value is -3.01. The lowest BCUT2D eigenvalue weighted by molar-refractivity contribution is 0.0949. The summed E-state index contributed by atoms with van der Waals surface area (Å²) < 4.78 is 11.9. The fourth-order valence-electron chi connectivity index (χ4n) is 3.56. The van der Waals surface area contributed by atoms with E-state index in [2.05, 4.69) is 25.6 Å². The number of anilines is 1. The minimum Gasteiger partial charge on any atom is -0.421 e. The molecule has 2 N–H and O–H groups in total. The SMILES string of the molecule is COCc1nc(Cl)cc(Oc2ccc3c(ccc4sc5c(c43)NC[C@@H](C)NC5=O)n2)n1. The molecule has 158 valence electrons. The number of hydrogen-bond donors (Lipinski definition) is 2. The molecule has 1 aliphatic rings. The van der Waals surface area contributed by atoms with Gasteiger partial charge in [0.05, 0.1) is 11.2 Å². The van der Waals surface area contributed by atoms with Crippen molar-refractivity contribution in [3.63, 3.8) is 0 Å². The van der Waals surface area contributed by atoms with Crippen molar-refractivity contribution in [3.8, 4) is 11.8 Å². The highest BCUT2D eigenvalue weighted by atomic mass is 35.5. The van der Waals surface area contributed by atoms with Gasteiger partial charge in [-0.05, 0) is 25.1 Å². The number of nitrogens with zero attached hydrogens (tertiary/aromatic N) is 3. The van der Waals surface area contributed by atoms with E-state index < -0.39 is 0 Å². The molecule has 1 amide bonds. The average Bonchev–Trinajstić information content (AvgIpc) is 3.04. The van der Waals surface area contributed by atoms with Crippen molar-refractivity contribution in [1.82, 2.24) is 20.3 Å². The van der Waals surface area contributed by atoms with Crippen LogP contribution < -0.4 is 15.4 Å². The number of carbonyl (C=O) groups excluding carboxylic acids is 1. The molecule has 0 unspecified atom stereocenters. The molecule has 1 aliphatic heterocycles. The number of hydrogen-bond acceptors (Lipinski definition) is 8. The van der Waals surface area contributed by atoms with Crippen LogP contribution in [0.1, 0.15) is 22.4 Å². The number of nitrogens with one attached hydrogen (secondary N) is 2. The third-order valence-electron chi connectivity index (χ3n) is 4.87. The average molecular weight is 456 g/mol.